The van der Waals surface area contributed by atoms with Gasteiger partial charge in [0.15, 0.2) is 0 Å². The van der Waals surface area contributed by atoms with Gasteiger partial charge in [-0.1, -0.05) is 0 Å². The van der Waals surface area contributed by atoms with Crippen LogP contribution in [0.1, 0.15) is 31.2 Å². The first kappa shape index (κ1) is 17.1. The molecule has 3 saturated heterocycles. The Hall–Kier alpha value is -1.37. The molecule has 0 aliphatic carbocycles. The summed E-state index contributed by atoms with van der Waals surface area (Å²) in [5.41, 5.74) is 1.20. The number of nitrogens with zero attached hydrogens (tertiary/aromatic N) is 3. The highest BCUT2D eigenvalue weighted by atomic mass is 16.5. The fraction of sp³-hybridized carbons (Fsp3) is 0.737. The van der Waals surface area contributed by atoms with Crippen LogP contribution in [0.5, 0.6) is 0 Å². The third kappa shape index (κ3) is 3.48. The predicted molar refractivity (Wildman–Crippen MR) is 94.1 cm³/mol. The predicted octanol–water partition coefficient (Wildman–Crippen LogP) is 1.56. The number of fused-ring (bicyclic) bond motifs is 1. The van der Waals surface area contributed by atoms with E-state index >= 15 is 0 Å². The minimum Gasteiger partial charge on any atom is -0.472 e. The van der Waals surface area contributed by atoms with E-state index in [2.05, 4.69) is 23.9 Å². The van der Waals surface area contributed by atoms with Gasteiger partial charge >= 0.3 is 0 Å². The molecule has 3 atom stereocenters. The molecular weight excluding hydrogens is 318 g/mol. The molecule has 0 bridgehead atoms. The van der Waals surface area contributed by atoms with Crippen molar-refractivity contribution >= 4 is 5.91 Å². The number of amides is 1. The first-order valence-electron chi connectivity index (χ1n) is 9.47. The third-order valence-corrected chi connectivity index (χ3v) is 6.14. The molecule has 4 rings (SSSR count). The summed E-state index contributed by atoms with van der Waals surface area (Å²) in [6, 6.07) is 2.97. The average Bonchev–Trinajstić information content (AvgIpc) is 3.33. The molecule has 3 aliphatic heterocycles. The van der Waals surface area contributed by atoms with Crippen molar-refractivity contribution in [1.29, 1.82) is 0 Å². The molecule has 0 radical (unpaired) electrons. The van der Waals surface area contributed by atoms with E-state index in [0.717, 1.165) is 51.9 Å². The van der Waals surface area contributed by atoms with Crippen LogP contribution in [0.4, 0.5) is 0 Å². The molecule has 1 aromatic heterocycles. The summed E-state index contributed by atoms with van der Waals surface area (Å²) in [6.45, 7) is 3.64. The van der Waals surface area contributed by atoms with E-state index < -0.39 is 0 Å². The molecule has 6 heteroatoms. The molecule has 25 heavy (non-hydrogen) atoms. The molecular formula is C19H29N3O3. The van der Waals surface area contributed by atoms with E-state index in [0.29, 0.717) is 12.1 Å². The number of likely N-dealkylation sites (tertiary alicyclic amines) is 2. The van der Waals surface area contributed by atoms with Gasteiger partial charge in [0.25, 0.3) is 5.91 Å². The molecule has 3 aliphatic rings. The molecule has 6 nitrogen and oxygen atoms in total. The van der Waals surface area contributed by atoms with Gasteiger partial charge in [0.2, 0.25) is 0 Å². The van der Waals surface area contributed by atoms with Crippen molar-refractivity contribution in [2.45, 2.75) is 56.5 Å². The fourth-order valence-corrected chi connectivity index (χ4v) is 4.61. The number of carbonyl (C=O) groups excluding carboxylic acids is 1. The zero-order valence-electron chi connectivity index (χ0n) is 15.3. The van der Waals surface area contributed by atoms with Crippen LogP contribution in [0, 0.1) is 0 Å². The Morgan fingerprint density at radius 3 is 2.72 bits per heavy atom. The highest BCUT2D eigenvalue weighted by Gasteiger charge is 2.46. The van der Waals surface area contributed by atoms with Gasteiger partial charge < -0.3 is 19.0 Å². The Labute approximate surface area is 149 Å². The number of piperidine rings is 1. The van der Waals surface area contributed by atoms with Crippen molar-refractivity contribution in [3.05, 3.63) is 24.2 Å². The standard InChI is InChI=1S/C19H29N3O3/c1-20(2)15-3-7-21(8-4-15)19(23)18-11-16-17(25-18)5-9-22(16)12-14-6-10-24-13-14/h6,10,13,15-18H,3-5,7-9,11-12H2,1-2H3/t16-,17-,18+/m1/s1. The summed E-state index contributed by atoms with van der Waals surface area (Å²) in [5.74, 6) is 0.204. The third-order valence-electron chi connectivity index (χ3n) is 6.14. The second-order valence-electron chi connectivity index (χ2n) is 7.88. The molecule has 0 spiro atoms. The molecule has 1 aromatic rings. The number of carbonyl (C=O) groups is 1. The van der Waals surface area contributed by atoms with Gasteiger partial charge in [-0.3, -0.25) is 9.69 Å². The van der Waals surface area contributed by atoms with Crippen molar-refractivity contribution in [1.82, 2.24) is 14.7 Å². The van der Waals surface area contributed by atoms with E-state index in [9.17, 15) is 4.79 Å². The number of furan rings is 1. The Balaban J connectivity index is 1.32. The van der Waals surface area contributed by atoms with Gasteiger partial charge in [-0.15, -0.1) is 0 Å². The van der Waals surface area contributed by atoms with Crippen LogP contribution in [0.15, 0.2) is 23.0 Å². The van der Waals surface area contributed by atoms with Crippen molar-refractivity contribution in [2.75, 3.05) is 33.7 Å². The lowest BCUT2D eigenvalue weighted by molar-refractivity contribution is -0.144. The van der Waals surface area contributed by atoms with E-state index in [-0.39, 0.29) is 18.1 Å². The first-order valence-corrected chi connectivity index (χ1v) is 9.47. The van der Waals surface area contributed by atoms with Crippen molar-refractivity contribution in [3.8, 4) is 0 Å². The topological polar surface area (TPSA) is 49.2 Å². The van der Waals surface area contributed by atoms with Gasteiger partial charge in [0.1, 0.15) is 6.10 Å². The van der Waals surface area contributed by atoms with E-state index in [4.69, 9.17) is 9.15 Å². The summed E-state index contributed by atoms with van der Waals surface area (Å²) < 4.78 is 11.3. The Morgan fingerprint density at radius 1 is 1.24 bits per heavy atom. The van der Waals surface area contributed by atoms with Crippen LogP contribution < -0.4 is 0 Å². The lowest BCUT2D eigenvalue weighted by atomic mass is 10.0. The molecule has 138 valence electrons. The van der Waals surface area contributed by atoms with Crippen molar-refractivity contribution < 1.29 is 13.9 Å². The maximum Gasteiger partial charge on any atom is 0.251 e. The summed E-state index contributed by atoms with van der Waals surface area (Å²) in [4.78, 5) is 19.6. The van der Waals surface area contributed by atoms with Gasteiger partial charge in [-0.25, -0.2) is 0 Å². The second kappa shape index (κ2) is 7.09. The van der Waals surface area contributed by atoms with E-state index in [1.54, 1.807) is 12.5 Å². The van der Waals surface area contributed by atoms with Gasteiger partial charge in [0.05, 0.1) is 18.6 Å². The minimum atomic E-state index is -0.252. The molecule has 0 aromatic carbocycles. The van der Waals surface area contributed by atoms with E-state index in [1.807, 2.05) is 11.0 Å². The SMILES string of the molecule is CN(C)C1CCN(C(=O)[C@@H]2C[C@@H]3[C@@H](CCN3Cc3ccoc3)O2)CC1. The zero-order chi connectivity index (χ0) is 17.4. The summed E-state index contributed by atoms with van der Waals surface area (Å²) in [7, 11) is 4.25. The smallest absolute Gasteiger partial charge is 0.251 e. The van der Waals surface area contributed by atoms with Crippen LogP contribution in [0.2, 0.25) is 0 Å². The van der Waals surface area contributed by atoms with Crippen LogP contribution in [0.3, 0.4) is 0 Å². The number of rotatable bonds is 4. The molecule has 0 saturated carbocycles. The Morgan fingerprint density at radius 2 is 2.04 bits per heavy atom. The summed E-state index contributed by atoms with van der Waals surface area (Å²) >= 11 is 0. The molecule has 0 N–H and O–H groups in total. The highest BCUT2D eigenvalue weighted by Crippen LogP contribution is 2.35. The molecule has 0 unspecified atom stereocenters. The highest BCUT2D eigenvalue weighted by molar-refractivity contribution is 5.81. The lowest BCUT2D eigenvalue weighted by Gasteiger charge is -2.36. The van der Waals surface area contributed by atoms with Crippen LogP contribution >= 0.6 is 0 Å². The maximum atomic E-state index is 12.9. The maximum absolute atomic E-state index is 12.9. The second-order valence-corrected chi connectivity index (χ2v) is 7.88. The Bertz CT molecular complexity index is 581. The van der Waals surface area contributed by atoms with Crippen LogP contribution in [0.25, 0.3) is 0 Å². The first-order chi connectivity index (χ1) is 12.1. The lowest BCUT2D eigenvalue weighted by Crippen LogP contribution is -2.48. The van der Waals surface area contributed by atoms with Gasteiger partial charge in [0, 0.05) is 50.2 Å². The van der Waals surface area contributed by atoms with Crippen LogP contribution in [-0.2, 0) is 16.1 Å². The molecule has 4 heterocycles. The monoisotopic (exact) mass is 347 g/mol. The van der Waals surface area contributed by atoms with Gasteiger partial charge in [-0.2, -0.15) is 0 Å². The number of hydrogen-bond donors (Lipinski definition) is 0. The fourth-order valence-electron chi connectivity index (χ4n) is 4.61. The normalized spacial score (nSPS) is 31.0. The largest absolute Gasteiger partial charge is 0.472 e. The van der Waals surface area contributed by atoms with Crippen LogP contribution in [-0.4, -0.2) is 78.6 Å². The Kier molecular flexibility index (Phi) is 4.84. The summed E-state index contributed by atoms with van der Waals surface area (Å²) in [6.07, 6.45) is 7.45. The van der Waals surface area contributed by atoms with Crippen molar-refractivity contribution in [2.24, 2.45) is 0 Å². The average molecular weight is 347 g/mol. The van der Waals surface area contributed by atoms with Gasteiger partial charge in [-0.05, 0) is 39.4 Å². The van der Waals surface area contributed by atoms with E-state index in [1.165, 1.54) is 5.56 Å². The number of hydrogen-bond acceptors (Lipinski definition) is 5. The molecule has 1 amide bonds. The molecule has 3 fully saturated rings. The summed E-state index contributed by atoms with van der Waals surface area (Å²) in [5, 5.41) is 0. The quantitative estimate of drug-likeness (QED) is 0.827. The van der Waals surface area contributed by atoms with Crippen molar-refractivity contribution in [3.63, 3.8) is 0 Å². The minimum absolute atomic E-state index is 0.204. The zero-order valence-corrected chi connectivity index (χ0v) is 15.3. The number of ether oxygens (including phenoxy) is 1.